The molecule has 0 unspecified atom stereocenters. The molecule has 1 N–H and O–H groups in total. The number of hydrogen-bond donors (Lipinski definition) is 1. The van der Waals surface area contributed by atoms with Gasteiger partial charge in [-0.25, -0.2) is 4.98 Å². The van der Waals surface area contributed by atoms with Gasteiger partial charge in [-0.15, -0.1) is 0 Å². The van der Waals surface area contributed by atoms with E-state index in [0.717, 1.165) is 9.99 Å². The van der Waals surface area contributed by atoms with Crippen LogP contribution in [0.2, 0.25) is 5.15 Å². The Morgan fingerprint density at radius 3 is 3.06 bits per heavy atom. The van der Waals surface area contributed by atoms with Gasteiger partial charge in [0.05, 0.1) is 11.9 Å². The maximum atomic E-state index is 10.5. The average Bonchev–Trinajstić information content (AvgIpc) is 2.54. The summed E-state index contributed by atoms with van der Waals surface area (Å²) >= 11 is 9.37. The van der Waals surface area contributed by atoms with Gasteiger partial charge in [-0.3, -0.25) is 4.79 Å². The molecule has 0 amide bonds. The van der Waals surface area contributed by atoms with Gasteiger partial charge in [-0.2, -0.15) is 0 Å². The Kier molecular flexibility index (Phi) is 3.16. The molecule has 0 spiro atoms. The first-order chi connectivity index (χ1) is 7.59. The highest BCUT2D eigenvalue weighted by Crippen LogP contribution is 2.26. The number of carbonyl (C=O) groups is 1. The molecular weight excluding hydrogens is 295 g/mol. The molecule has 0 fully saturated rings. The Labute approximate surface area is 105 Å². The molecule has 0 atom stereocenters. The normalized spacial score (nSPS) is 10.9. The fourth-order valence-corrected chi connectivity index (χ4v) is 2.45. The minimum atomic E-state index is -0.845. The lowest BCUT2D eigenvalue weighted by Gasteiger charge is -2.00. The third kappa shape index (κ3) is 2.05. The van der Waals surface area contributed by atoms with E-state index in [0.29, 0.717) is 17.4 Å². The number of aromatic nitrogens is 2. The summed E-state index contributed by atoms with van der Waals surface area (Å²) in [5, 5.41) is 9.01. The van der Waals surface area contributed by atoms with E-state index in [1.165, 1.54) is 0 Å². The Balaban J connectivity index is 2.47. The maximum Gasteiger partial charge on any atom is 0.303 e. The van der Waals surface area contributed by atoms with E-state index >= 15 is 0 Å². The minimum Gasteiger partial charge on any atom is -0.481 e. The van der Waals surface area contributed by atoms with Crippen molar-refractivity contribution < 1.29 is 9.90 Å². The van der Waals surface area contributed by atoms with Crippen molar-refractivity contribution in [3.05, 3.63) is 33.8 Å². The molecule has 2 rings (SSSR count). The number of fused-ring (bicyclic) bond motifs is 1. The van der Waals surface area contributed by atoms with Crippen LogP contribution in [-0.4, -0.2) is 20.5 Å². The predicted molar refractivity (Wildman–Crippen MR) is 63.9 cm³/mol. The van der Waals surface area contributed by atoms with E-state index in [9.17, 15) is 4.79 Å². The van der Waals surface area contributed by atoms with Crippen molar-refractivity contribution in [1.29, 1.82) is 0 Å². The summed E-state index contributed by atoms with van der Waals surface area (Å²) < 4.78 is 2.64. The minimum absolute atomic E-state index is 0.0436. The second kappa shape index (κ2) is 4.43. The molecular formula is C10H8BrClN2O2. The van der Waals surface area contributed by atoms with E-state index in [4.69, 9.17) is 16.7 Å². The topological polar surface area (TPSA) is 54.6 Å². The summed E-state index contributed by atoms with van der Waals surface area (Å²) in [6, 6.07) is 3.71. The molecule has 0 bridgehead atoms. The van der Waals surface area contributed by atoms with Gasteiger partial charge in [-0.1, -0.05) is 11.6 Å². The summed E-state index contributed by atoms with van der Waals surface area (Å²) in [7, 11) is 0. The fourth-order valence-electron chi connectivity index (χ4n) is 1.51. The highest BCUT2D eigenvalue weighted by molar-refractivity contribution is 9.10. The van der Waals surface area contributed by atoms with Crippen LogP contribution in [0, 0.1) is 0 Å². The number of aliphatic carboxylic acids is 1. The molecule has 84 valence electrons. The first kappa shape index (κ1) is 11.4. The maximum absolute atomic E-state index is 10.5. The first-order valence-electron chi connectivity index (χ1n) is 4.62. The SMILES string of the molecule is O=C(O)CCc1nc(Cl)c2c(Br)cccn12. The van der Waals surface area contributed by atoms with E-state index in [1.807, 2.05) is 18.3 Å². The van der Waals surface area contributed by atoms with E-state index in [2.05, 4.69) is 20.9 Å². The van der Waals surface area contributed by atoms with Crippen molar-refractivity contribution in [3.63, 3.8) is 0 Å². The Hall–Kier alpha value is -1.07. The van der Waals surface area contributed by atoms with Crippen molar-refractivity contribution in [1.82, 2.24) is 9.38 Å². The molecule has 4 nitrogen and oxygen atoms in total. The summed E-state index contributed by atoms with van der Waals surface area (Å²) in [5.74, 6) is -0.188. The second-order valence-corrected chi connectivity index (χ2v) is 4.50. The number of carboxylic acid groups (broad SMARTS) is 1. The summed E-state index contributed by atoms with van der Waals surface area (Å²) in [5.41, 5.74) is 0.768. The standard InChI is InChI=1S/C10H8BrClN2O2/c11-6-2-1-5-14-7(3-4-8(15)16)13-10(12)9(6)14/h1-2,5H,3-4H2,(H,15,16). The molecule has 0 radical (unpaired) electrons. The van der Waals surface area contributed by atoms with Gasteiger partial charge in [0.2, 0.25) is 0 Å². The fraction of sp³-hybridized carbons (Fsp3) is 0.200. The monoisotopic (exact) mass is 302 g/mol. The lowest BCUT2D eigenvalue weighted by Crippen LogP contribution is -2.01. The third-order valence-corrected chi connectivity index (χ3v) is 3.11. The van der Waals surface area contributed by atoms with Crippen LogP contribution in [0.4, 0.5) is 0 Å². The van der Waals surface area contributed by atoms with Crippen LogP contribution < -0.4 is 0 Å². The third-order valence-electron chi connectivity index (χ3n) is 2.21. The molecule has 0 aliphatic carbocycles. The molecule has 0 saturated heterocycles. The summed E-state index contributed by atoms with van der Waals surface area (Å²) in [6.07, 6.45) is 2.22. The Morgan fingerprint density at radius 2 is 2.38 bits per heavy atom. The summed E-state index contributed by atoms with van der Waals surface area (Å²) in [4.78, 5) is 14.7. The molecule has 0 aliphatic heterocycles. The van der Waals surface area contributed by atoms with E-state index < -0.39 is 5.97 Å². The lowest BCUT2D eigenvalue weighted by molar-refractivity contribution is -0.137. The van der Waals surface area contributed by atoms with Crippen molar-refractivity contribution in [2.75, 3.05) is 0 Å². The zero-order valence-electron chi connectivity index (χ0n) is 8.15. The molecule has 2 aromatic rings. The number of pyridine rings is 1. The van der Waals surface area contributed by atoms with Gasteiger partial charge in [0, 0.05) is 17.1 Å². The van der Waals surface area contributed by atoms with Crippen molar-refractivity contribution in [2.45, 2.75) is 12.8 Å². The highest BCUT2D eigenvalue weighted by Gasteiger charge is 2.12. The molecule has 16 heavy (non-hydrogen) atoms. The second-order valence-electron chi connectivity index (χ2n) is 3.29. The molecule has 2 heterocycles. The number of nitrogens with zero attached hydrogens (tertiary/aromatic N) is 2. The number of imidazole rings is 1. The molecule has 0 aliphatic rings. The van der Waals surface area contributed by atoms with Gasteiger partial charge in [0.25, 0.3) is 0 Å². The van der Waals surface area contributed by atoms with Gasteiger partial charge in [0.15, 0.2) is 5.15 Å². The summed E-state index contributed by atoms with van der Waals surface area (Å²) in [6.45, 7) is 0. The van der Waals surface area contributed by atoms with Crippen molar-refractivity contribution in [3.8, 4) is 0 Å². The first-order valence-corrected chi connectivity index (χ1v) is 5.79. The molecule has 0 aromatic carbocycles. The predicted octanol–water partition coefficient (Wildman–Crippen LogP) is 2.77. The Bertz CT molecular complexity index is 553. The zero-order valence-corrected chi connectivity index (χ0v) is 10.5. The number of aryl methyl sites for hydroxylation is 1. The van der Waals surface area contributed by atoms with Crippen LogP contribution in [0.1, 0.15) is 12.2 Å². The van der Waals surface area contributed by atoms with Crippen LogP contribution in [0.3, 0.4) is 0 Å². The van der Waals surface area contributed by atoms with Crippen molar-refractivity contribution in [2.24, 2.45) is 0 Å². The largest absolute Gasteiger partial charge is 0.481 e. The zero-order chi connectivity index (χ0) is 11.7. The molecule has 0 saturated carbocycles. The Morgan fingerprint density at radius 1 is 1.62 bits per heavy atom. The van der Waals surface area contributed by atoms with E-state index in [-0.39, 0.29) is 6.42 Å². The molecule has 2 aromatic heterocycles. The lowest BCUT2D eigenvalue weighted by atomic mass is 10.3. The number of carboxylic acids is 1. The van der Waals surface area contributed by atoms with Crippen LogP contribution in [0.25, 0.3) is 5.52 Å². The average molecular weight is 304 g/mol. The van der Waals surface area contributed by atoms with Gasteiger partial charge in [-0.05, 0) is 28.1 Å². The molecule has 6 heteroatoms. The number of halogens is 2. The van der Waals surface area contributed by atoms with Gasteiger partial charge < -0.3 is 9.51 Å². The van der Waals surface area contributed by atoms with E-state index in [1.54, 1.807) is 4.40 Å². The van der Waals surface area contributed by atoms with Gasteiger partial charge in [0.1, 0.15) is 5.82 Å². The van der Waals surface area contributed by atoms with Gasteiger partial charge >= 0.3 is 5.97 Å². The van der Waals surface area contributed by atoms with Crippen LogP contribution in [-0.2, 0) is 11.2 Å². The van der Waals surface area contributed by atoms with Crippen molar-refractivity contribution >= 4 is 39.0 Å². The number of rotatable bonds is 3. The van der Waals surface area contributed by atoms with Crippen LogP contribution >= 0.6 is 27.5 Å². The number of hydrogen-bond acceptors (Lipinski definition) is 2. The highest BCUT2D eigenvalue weighted by atomic mass is 79.9. The smallest absolute Gasteiger partial charge is 0.303 e. The van der Waals surface area contributed by atoms with Crippen LogP contribution in [0.5, 0.6) is 0 Å². The quantitative estimate of drug-likeness (QED) is 0.948. The van der Waals surface area contributed by atoms with Crippen LogP contribution in [0.15, 0.2) is 22.8 Å².